The molecule has 13 heteroatoms. The van der Waals surface area contributed by atoms with Gasteiger partial charge in [-0.25, -0.2) is 18.6 Å². The Morgan fingerprint density at radius 1 is 0.950 bits per heavy atom. The highest BCUT2D eigenvalue weighted by molar-refractivity contribution is 5.90. The number of hydrogen-bond acceptors (Lipinski definition) is 9. The number of carbonyl (C=O) groups excluding carboxylic acids is 2. The number of nitrogens with zero attached hydrogens (tertiary/aromatic N) is 6. The third kappa shape index (κ3) is 8.09. The van der Waals surface area contributed by atoms with Gasteiger partial charge in [0.2, 0.25) is 11.8 Å². The Morgan fingerprint density at radius 2 is 1.70 bits per heavy atom. The number of hydrogen-bond donors (Lipinski definition) is 0. The van der Waals surface area contributed by atoms with Gasteiger partial charge >= 0.3 is 5.97 Å². The van der Waals surface area contributed by atoms with E-state index in [4.69, 9.17) is 19.3 Å². The van der Waals surface area contributed by atoms with Crippen LogP contribution in [0.2, 0.25) is 0 Å². The smallest absolute Gasteiger partial charge is 0.338 e. The third-order valence-corrected chi connectivity index (χ3v) is 13.3. The Bertz CT molecular complexity index is 2210. The van der Waals surface area contributed by atoms with E-state index in [-0.39, 0.29) is 35.0 Å². The standard InChI is InChI=1S/C47H56F2N6O5/c1-30(56)53-19-13-40-39(29-53)44(51-55(40)35-14-22-58-23-15-35)54-18-5-6-32-24-37(38(43(48)49)25-41(32)54)33-9-12-42(50-28-33)59-36-26-47(27-36)16-20-52(21-17-47)34-10-7-31(8-11-34)45(57)60-46(2,3)4/h7-12,24-25,28,35-36,43H,5-6,13-23,26-27,29H2,1-4H3. The van der Waals surface area contributed by atoms with E-state index in [1.807, 2.05) is 62.1 Å². The minimum atomic E-state index is -2.69. The third-order valence-electron chi connectivity index (χ3n) is 13.3. The molecule has 0 atom stereocenters. The van der Waals surface area contributed by atoms with Gasteiger partial charge < -0.3 is 28.9 Å². The van der Waals surface area contributed by atoms with E-state index in [1.54, 1.807) is 25.3 Å². The van der Waals surface area contributed by atoms with E-state index in [1.165, 1.54) is 0 Å². The summed E-state index contributed by atoms with van der Waals surface area (Å²) in [7, 11) is 0. The average molecular weight is 823 g/mol. The van der Waals surface area contributed by atoms with Crippen molar-refractivity contribution in [1.82, 2.24) is 19.7 Å². The van der Waals surface area contributed by atoms with Crippen molar-refractivity contribution in [2.75, 3.05) is 49.2 Å². The second kappa shape index (κ2) is 16.1. The summed E-state index contributed by atoms with van der Waals surface area (Å²) < 4.78 is 49.7. The number of rotatable bonds is 8. The second-order valence-corrected chi connectivity index (χ2v) is 18.4. The van der Waals surface area contributed by atoms with Crippen molar-refractivity contribution in [1.29, 1.82) is 0 Å². The van der Waals surface area contributed by atoms with Crippen LogP contribution in [0.25, 0.3) is 11.1 Å². The van der Waals surface area contributed by atoms with Crippen molar-refractivity contribution in [2.45, 2.75) is 116 Å². The summed E-state index contributed by atoms with van der Waals surface area (Å²) in [5.41, 5.74) is 6.37. The van der Waals surface area contributed by atoms with Gasteiger partial charge in [-0.3, -0.25) is 9.48 Å². The first kappa shape index (κ1) is 40.4. The van der Waals surface area contributed by atoms with Crippen LogP contribution in [0.1, 0.15) is 118 Å². The van der Waals surface area contributed by atoms with E-state index in [0.717, 1.165) is 98.5 Å². The molecule has 9 rings (SSSR count). The Hall–Kier alpha value is -5.04. The molecule has 0 N–H and O–H groups in total. The molecule has 2 aromatic heterocycles. The largest absolute Gasteiger partial charge is 0.474 e. The van der Waals surface area contributed by atoms with Crippen LogP contribution in [0.15, 0.2) is 54.7 Å². The zero-order valence-corrected chi connectivity index (χ0v) is 35.2. The number of carbonyl (C=O) groups is 2. The Kier molecular flexibility index (Phi) is 10.8. The van der Waals surface area contributed by atoms with Gasteiger partial charge in [0.15, 0.2) is 5.82 Å². The van der Waals surface area contributed by atoms with Crippen LogP contribution >= 0.6 is 0 Å². The molecule has 1 spiro atoms. The van der Waals surface area contributed by atoms with E-state index in [0.29, 0.717) is 61.8 Å². The highest BCUT2D eigenvalue weighted by Gasteiger charge is 2.47. The number of alkyl halides is 2. The highest BCUT2D eigenvalue weighted by atomic mass is 19.3. The maximum absolute atomic E-state index is 15.0. The predicted molar refractivity (Wildman–Crippen MR) is 225 cm³/mol. The first-order chi connectivity index (χ1) is 28.8. The maximum atomic E-state index is 15.0. The fourth-order valence-corrected chi connectivity index (χ4v) is 10.0. The zero-order chi connectivity index (χ0) is 41.8. The minimum Gasteiger partial charge on any atom is -0.474 e. The van der Waals surface area contributed by atoms with Crippen LogP contribution in [-0.2, 0) is 33.7 Å². The molecule has 60 heavy (non-hydrogen) atoms. The fraction of sp³-hybridized carbons (Fsp3) is 0.532. The van der Waals surface area contributed by atoms with Gasteiger partial charge in [-0.1, -0.05) is 0 Å². The number of aryl methyl sites for hydroxylation is 1. The lowest BCUT2D eigenvalue weighted by molar-refractivity contribution is -0.129. The van der Waals surface area contributed by atoms with Gasteiger partial charge in [0.25, 0.3) is 6.43 Å². The number of benzene rings is 2. The molecule has 1 aliphatic carbocycles. The molecule has 2 aromatic carbocycles. The number of halogens is 2. The van der Waals surface area contributed by atoms with Crippen LogP contribution in [0.3, 0.4) is 0 Å². The molecular weight excluding hydrogens is 767 g/mol. The van der Waals surface area contributed by atoms with Gasteiger partial charge in [-0.2, -0.15) is 5.10 Å². The number of pyridine rings is 1. The van der Waals surface area contributed by atoms with Gasteiger partial charge in [0.05, 0.1) is 18.2 Å². The minimum absolute atomic E-state index is 0.0229. The molecule has 1 amide bonds. The summed E-state index contributed by atoms with van der Waals surface area (Å²) in [4.78, 5) is 35.9. The molecule has 1 saturated carbocycles. The zero-order valence-electron chi connectivity index (χ0n) is 35.2. The van der Waals surface area contributed by atoms with E-state index < -0.39 is 12.0 Å². The van der Waals surface area contributed by atoms with Gasteiger partial charge in [0.1, 0.15) is 11.7 Å². The van der Waals surface area contributed by atoms with Crippen molar-refractivity contribution in [3.05, 3.63) is 82.7 Å². The van der Waals surface area contributed by atoms with Gasteiger partial charge in [-0.15, -0.1) is 0 Å². The molecule has 0 unspecified atom stereocenters. The number of esters is 1. The number of piperidine rings is 1. The Morgan fingerprint density at radius 3 is 2.37 bits per heavy atom. The number of fused-ring (bicyclic) bond motifs is 2. The number of anilines is 3. The first-order valence-corrected chi connectivity index (χ1v) is 21.7. The predicted octanol–water partition coefficient (Wildman–Crippen LogP) is 9.01. The van der Waals surface area contributed by atoms with Crippen LogP contribution in [0.5, 0.6) is 5.88 Å². The van der Waals surface area contributed by atoms with Gasteiger partial charge in [0, 0.05) is 98.8 Å². The lowest BCUT2D eigenvalue weighted by atomic mass is 9.61. The summed E-state index contributed by atoms with van der Waals surface area (Å²) in [6.07, 6.45) is 7.16. The summed E-state index contributed by atoms with van der Waals surface area (Å²) in [6.45, 7) is 12.2. The molecule has 5 aliphatic rings. The van der Waals surface area contributed by atoms with Crippen molar-refractivity contribution in [2.24, 2.45) is 5.41 Å². The molecular formula is C47H56F2N6O5. The molecule has 0 radical (unpaired) electrons. The first-order valence-electron chi connectivity index (χ1n) is 21.7. The van der Waals surface area contributed by atoms with Crippen LogP contribution in [-0.4, -0.2) is 82.6 Å². The maximum Gasteiger partial charge on any atom is 0.338 e. The number of amides is 1. The van der Waals surface area contributed by atoms with Crippen LogP contribution in [0.4, 0.5) is 26.0 Å². The molecule has 318 valence electrons. The molecule has 6 heterocycles. The molecule has 0 bridgehead atoms. The van der Waals surface area contributed by atoms with Crippen molar-refractivity contribution in [3.8, 4) is 17.0 Å². The lowest BCUT2D eigenvalue weighted by Crippen LogP contribution is -2.51. The summed E-state index contributed by atoms with van der Waals surface area (Å²) in [6, 6.07) is 15.1. The van der Waals surface area contributed by atoms with Gasteiger partial charge in [-0.05, 0) is 131 Å². The second-order valence-electron chi connectivity index (χ2n) is 18.4. The number of aromatic nitrogens is 3. The van der Waals surface area contributed by atoms with Crippen molar-refractivity contribution >= 4 is 29.1 Å². The molecule has 11 nitrogen and oxygen atoms in total. The molecule has 4 aromatic rings. The fourth-order valence-electron chi connectivity index (χ4n) is 10.0. The van der Waals surface area contributed by atoms with Crippen LogP contribution < -0.4 is 14.5 Å². The van der Waals surface area contributed by atoms with E-state index in [2.05, 4.69) is 19.5 Å². The summed E-state index contributed by atoms with van der Waals surface area (Å²) in [5, 5.41) is 5.21. The molecule has 4 aliphatic heterocycles. The summed E-state index contributed by atoms with van der Waals surface area (Å²) >= 11 is 0. The summed E-state index contributed by atoms with van der Waals surface area (Å²) in [5.74, 6) is 0.992. The Balaban J connectivity index is 0.866. The highest BCUT2D eigenvalue weighted by Crippen LogP contribution is 2.51. The SMILES string of the molecule is CC(=O)N1CCc2c(c(N3CCCc4cc(-c5ccc(OC6CC7(CCN(c8ccc(C(=O)OC(C)(C)C)cc8)CC7)C6)nc5)c(C(F)F)cc43)nn2C2CCOCC2)C1. The van der Waals surface area contributed by atoms with E-state index >= 15 is 8.78 Å². The van der Waals surface area contributed by atoms with E-state index in [9.17, 15) is 9.59 Å². The van der Waals surface area contributed by atoms with Crippen molar-refractivity contribution in [3.63, 3.8) is 0 Å². The quantitative estimate of drug-likeness (QED) is 0.161. The molecule has 2 saturated heterocycles. The Labute approximate surface area is 351 Å². The monoisotopic (exact) mass is 822 g/mol. The molecule has 3 fully saturated rings. The van der Waals surface area contributed by atoms with Crippen molar-refractivity contribution < 1.29 is 32.6 Å². The normalized spacial score (nSPS) is 19.6. The average Bonchev–Trinajstić information content (AvgIpc) is 3.61. The van der Waals surface area contributed by atoms with Crippen LogP contribution in [0, 0.1) is 5.41 Å². The lowest BCUT2D eigenvalue weighted by Gasteiger charge is -2.52. The topological polar surface area (TPSA) is 102 Å². The number of ether oxygens (including phenoxy) is 3.